The van der Waals surface area contributed by atoms with Crippen LogP contribution < -0.4 is 0 Å². The number of oxazole rings is 1. The highest BCUT2D eigenvalue weighted by atomic mass is 16.3. The molecule has 3 aromatic rings. The fourth-order valence-corrected chi connectivity index (χ4v) is 2.17. The highest BCUT2D eigenvalue weighted by Gasteiger charge is 2.14. The predicted molar refractivity (Wildman–Crippen MR) is 77.3 cm³/mol. The highest BCUT2D eigenvalue weighted by Crippen LogP contribution is 2.29. The summed E-state index contributed by atoms with van der Waals surface area (Å²) in [5, 5.41) is 9.50. The van der Waals surface area contributed by atoms with Crippen molar-refractivity contribution in [2.45, 2.75) is 26.4 Å². The fourth-order valence-electron chi connectivity index (χ4n) is 2.17. The third kappa shape index (κ3) is 2.18. The Kier molecular flexibility index (Phi) is 3.24. The van der Waals surface area contributed by atoms with Gasteiger partial charge in [-0.1, -0.05) is 26.0 Å². The van der Waals surface area contributed by atoms with Crippen LogP contribution in [0.15, 0.2) is 40.9 Å². The Morgan fingerprint density at radius 3 is 2.80 bits per heavy atom. The summed E-state index contributed by atoms with van der Waals surface area (Å²) >= 11 is 0. The molecule has 102 valence electrons. The molecule has 4 heteroatoms. The van der Waals surface area contributed by atoms with Crippen LogP contribution >= 0.6 is 0 Å². The lowest BCUT2D eigenvalue weighted by molar-refractivity contribution is 0.282. The zero-order valence-electron chi connectivity index (χ0n) is 11.5. The van der Waals surface area contributed by atoms with Crippen LogP contribution in [0.4, 0.5) is 0 Å². The molecule has 0 atom stereocenters. The van der Waals surface area contributed by atoms with Gasteiger partial charge in [-0.15, -0.1) is 0 Å². The van der Waals surface area contributed by atoms with Gasteiger partial charge >= 0.3 is 0 Å². The van der Waals surface area contributed by atoms with Crippen LogP contribution in [-0.2, 0) is 6.61 Å². The third-order valence-electron chi connectivity index (χ3n) is 3.37. The zero-order valence-corrected chi connectivity index (χ0v) is 11.5. The van der Waals surface area contributed by atoms with Gasteiger partial charge in [0.1, 0.15) is 0 Å². The molecule has 20 heavy (non-hydrogen) atoms. The van der Waals surface area contributed by atoms with E-state index in [0.717, 1.165) is 11.1 Å². The molecule has 0 aliphatic rings. The molecular formula is C16H16N2O2. The Balaban J connectivity index is 2.18. The van der Waals surface area contributed by atoms with Crippen LogP contribution in [0.2, 0.25) is 0 Å². The minimum absolute atomic E-state index is 0.0418. The Morgan fingerprint density at radius 2 is 2.10 bits per heavy atom. The molecule has 3 rings (SSSR count). The van der Waals surface area contributed by atoms with Gasteiger partial charge in [0, 0.05) is 11.8 Å². The first-order valence-corrected chi connectivity index (χ1v) is 6.64. The fraction of sp³-hybridized carbons (Fsp3) is 0.250. The quantitative estimate of drug-likeness (QED) is 0.789. The van der Waals surface area contributed by atoms with E-state index in [1.54, 1.807) is 6.20 Å². The molecule has 0 aliphatic heterocycles. The third-order valence-corrected chi connectivity index (χ3v) is 3.37. The summed E-state index contributed by atoms with van der Waals surface area (Å²) in [5.74, 6) is 0.911. The van der Waals surface area contributed by atoms with E-state index in [4.69, 9.17) is 4.42 Å². The summed E-state index contributed by atoms with van der Waals surface area (Å²) in [6, 6.07) is 9.63. The van der Waals surface area contributed by atoms with E-state index in [-0.39, 0.29) is 6.61 Å². The number of hydrogen-bond acceptors (Lipinski definition) is 4. The van der Waals surface area contributed by atoms with Gasteiger partial charge in [-0.3, -0.25) is 0 Å². The zero-order chi connectivity index (χ0) is 14.1. The molecule has 0 amide bonds. The standard InChI is InChI=1S/C16H16N2O2/c1-10(2)11-5-6-12(9-19)13(8-11)16-18-15-14(20-16)4-3-7-17-15/h3-8,10,19H,9H2,1-2H3. The van der Waals surface area contributed by atoms with Crippen molar-refractivity contribution in [1.82, 2.24) is 9.97 Å². The first kappa shape index (κ1) is 12.8. The van der Waals surface area contributed by atoms with Gasteiger partial charge in [-0.2, -0.15) is 4.98 Å². The molecule has 0 saturated heterocycles. The van der Waals surface area contributed by atoms with Crippen LogP contribution in [-0.4, -0.2) is 15.1 Å². The lowest BCUT2D eigenvalue weighted by Gasteiger charge is -2.09. The molecule has 0 unspecified atom stereocenters. The van der Waals surface area contributed by atoms with E-state index in [9.17, 15) is 5.11 Å². The van der Waals surface area contributed by atoms with E-state index in [1.807, 2.05) is 30.3 Å². The minimum Gasteiger partial charge on any atom is -0.434 e. The summed E-state index contributed by atoms with van der Waals surface area (Å²) in [4.78, 5) is 8.58. The van der Waals surface area contributed by atoms with Crippen LogP contribution in [0.25, 0.3) is 22.7 Å². The second-order valence-electron chi connectivity index (χ2n) is 5.07. The molecule has 0 saturated carbocycles. The molecule has 0 bridgehead atoms. The molecular weight excluding hydrogens is 252 g/mol. The molecule has 4 nitrogen and oxygen atoms in total. The molecule has 0 aliphatic carbocycles. The summed E-state index contributed by atoms with van der Waals surface area (Å²) in [7, 11) is 0. The predicted octanol–water partition coefficient (Wildman–Crippen LogP) is 3.51. The molecule has 0 radical (unpaired) electrons. The molecule has 0 fully saturated rings. The first-order valence-electron chi connectivity index (χ1n) is 6.64. The molecule has 2 aromatic heterocycles. The molecule has 2 heterocycles. The Hall–Kier alpha value is -2.20. The smallest absolute Gasteiger partial charge is 0.229 e. The number of hydrogen-bond donors (Lipinski definition) is 1. The van der Waals surface area contributed by atoms with Crippen molar-refractivity contribution in [2.24, 2.45) is 0 Å². The van der Waals surface area contributed by atoms with Crippen LogP contribution in [0, 0.1) is 0 Å². The number of fused-ring (bicyclic) bond motifs is 1. The normalized spacial score (nSPS) is 11.4. The highest BCUT2D eigenvalue weighted by molar-refractivity contribution is 5.73. The largest absolute Gasteiger partial charge is 0.434 e. The minimum atomic E-state index is -0.0418. The summed E-state index contributed by atoms with van der Waals surface area (Å²) < 4.78 is 5.75. The van der Waals surface area contributed by atoms with Gasteiger partial charge in [0.2, 0.25) is 5.89 Å². The average Bonchev–Trinajstić information content (AvgIpc) is 2.90. The maximum atomic E-state index is 9.50. The Bertz CT molecular complexity index is 714. The first-order chi connectivity index (χ1) is 9.69. The van der Waals surface area contributed by atoms with E-state index >= 15 is 0 Å². The SMILES string of the molecule is CC(C)c1ccc(CO)c(-c2nc3ncccc3o2)c1. The summed E-state index contributed by atoms with van der Waals surface area (Å²) in [5.41, 5.74) is 4.06. The van der Waals surface area contributed by atoms with E-state index in [2.05, 4.69) is 23.8 Å². The maximum Gasteiger partial charge on any atom is 0.229 e. The van der Waals surface area contributed by atoms with Crippen molar-refractivity contribution in [3.05, 3.63) is 47.7 Å². The van der Waals surface area contributed by atoms with Crippen molar-refractivity contribution < 1.29 is 9.52 Å². The second kappa shape index (κ2) is 5.06. The lowest BCUT2D eigenvalue weighted by atomic mass is 9.97. The monoisotopic (exact) mass is 268 g/mol. The number of aliphatic hydroxyl groups is 1. The van der Waals surface area contributed by atoms with Crippen molar-refractivity contribution in [2.75, 3.05) is 0 Å². The van der Waals surface area contributed by atoms with Crippen molar-refractivity contribution >= 4 is 11.2 Å². The van der Waals surface area contributed by atoms with Crippen molar-refractivity contribution in [1.29, 1.82) is 0 Å². The Morgan fingerprint density at radius 1 is 1.25 bits per heavy atom. The maximum absolute atomic E-state index is 9.50. The topological polar surface area (TPSA) is 59.2 Å². The lowest BCUT2D eigenvalue weighted by Crippen LogP contribution is -1.94. The van der Waals surface area contributed by atoms with Crippen LogP contribution in [0.1, 0.15) is 30.9 Å². The van der Waals surface area contributed by atoms with Crippen molar-refractivity contribution in [3.8, 4) is 11.5 Å². The van der Waals surface area contributed by atoms with E-state index in [1.165, 1.54) is 5.56 Å². The number of nitrogens with zero attached hydrogens (tertiary/aromatic N) is 2. The average molecular weight is 268 g/mol. The van der Waals surface area contributed by atoms with E-state index in [0.29, 0.717) is 23.0 Å². The van der Waals surface area contributed by atoms with Gasteiger partial charge in [-0.25, -0.2) is 4.98 Å². The molecule has 1 N–H and O–H groups in total. The van der Waals surface area contributed by atoms with E-state index < -0.39 is 0 Å². The number of aromatic nitrogens is 2. The van der Waals surface area contributed by atoms with Crippen LogP contribution in [0.3, 0.4) is 0 Å². The van der Waals surface area contributed by atoms with Gasteiger partial charge in [0.25, 0.3) is 0 Å². The summed E-state index contributed by atoms with van der Waals surface area (Å²) in [6.07, 6.45) is 1.69. The number of benzene rings is 1. The second-order valence-corrected chi connectivity index (χ2v) is 5.07. The van der Waals surface area contributed by atoms with Gasteiger partial charge in [-0.05, 0) is 35.2 Å². The van der Waals surface area contributed by atoms with Gasteiger partial charge in [0.15, 0.2) is 11.2 Å². The number of rotatable bonds is 3. The number of pyridine rings is 1. The Labute approximate surface area is 117 Å². The van der Waals surface area contributed by atoms with Gasteiger partial charge in [0.05, 0.1) is 6.61 Å². The van der Waals surface area contributed by atoms with Crippen LogP contribution in [0.5, 0.6) is 0 Å². The molecule has 1 aromatic carbocycles. The molecule has 0 spiro atoms. The van der Waals surface area contributed by atoms with Crippen molar-refractivity contribution in [3.63, 3.8) is 0 Å². The summed E-state index contributed by atoms with van der Waals surface area (Å²) in [6.45, 7) is 4.22. The number of aliphatic hydroxyl groups excluding tert-OH is 1. The van der Waals surface area contributed by atoms with Gasteiger partial charge < -0.3 is 9.52 Å².